The largest absolute Gasteiger partial charge is 0.475 e. The van der Waals surface area contributed by atoms with Gasteiger partial charge in [0.2, 0.25) is 5.76 Å². The van der Waals surface area contributed by atoms with E-state index in [1.54, 1.807) is 0 Å². The summed E-state index contributed by atoms with van der Waals surface area (Å²) in [5.41, 5.74) is 0.205. The SMILES string of the molecule is O=C(Nc1cc(Cl)cc(Cl)c1)c1cc(C(=O)O)on1. The highest BCUT2D eigenvalue weighted by Gasteiger charge is 2.16. The first-order valence-electron chi connectivity index (χ1n) is 4.93. The fourth-order valence-electron chi connectivity index (χ4n) is 1.30. The van der Waals surface area contributed by atoms with Crippen LogP contribution < -0.4 is 5.32 Å². The van der Waals surface area contributed by atoms with Crippen molar-refractivity contribution in [1.29, 1.82) is 0 Å². The van der Waals surface area contributed by atoms with Crippen LogP contribution in [-0.4, -0.2) is 22.1 Å². The summed E-state index contributed by atoms with van der Waals surface area (Å²) < 4.78 is 4.47. The Morgan fingerprint density at radius 2 is 1.79 bits per heavy atom. The molecule has 98 valence electrons. The van der Waals surface area contributed by atoms with Gasteiger partial charge in [-0.05, 0) is 18.2 Å². The number of carbonyl (C=O) groups is 2. The van der Waals surface area contributed by atoms with Crippen molar-refractivity contribution in [3.05, 3.63) is 45.8 Å². The van der Waals surface area contributed by atoms with Crippen molar-refractivity contribution in [1.82, 2.24) is 5.16 Å². The lowest BCUT2D eigenvalue weighted by Gasteiger charge is -2.03. The van der Waals surface area contributed by atoms with Crippen LogP contribution in [0.4, 0.5) is 5.69 Å². The molecule has 0 aliphatic rings. The highest BCUT2D eigenvalue weighted by Crippen LogP contribution is 2.22. The van der Waals surface area contributed by atoms with E-state index in [2.05, 4.69) is 15.0 Å². The smallest absolute Gasteiger partial charge is 0.374 e. The van der Waals surface area contributed by atoms with Gasteiger partial charge in [-0.3, -0.25) is 4.79 Å². The summed E-state index contributed by atoms with van der Waals surface area (Å²) in [6.45, 7) is 0. The molecule has 2 aromatic rings. The molecule has 0 atom stereocenters. The zero-order valence-corrected chi connectivity index (χ0v) is 10.7. The van der Waals surface area contributed by atoms with E-state index in [9.17, 15) is 9.59 Å². The zero-order valence-electron chi connectivity index (χ0n) is 9.18. The van der Waals surface area contributed by atoms with Crippen molar-refractivity contribution in [3.8, 4) is 0 Å². The van der Waals surface area contributed by atoms with Crippen molar-refractivity contribution in [3.63, 3.8) is 0 Å². The van der Waals surface area contributed by atoms with Crippen LogP contribution in [0.2, 0.25) is 10.0 Å². The fourth-order valence-corrected chi connectivity index (χ4v) is 1.83. The molecule has 0 saturated heterocycles. The van der Waals surface area contributed by atoms with Crippen LogP contribution in [0.15, 0.2) is 28.8 Å². The van der Waals surface area contributed by atoms with Crippen molar-refractivity contribution in [2.75, 3.05) is 5.32 Å². The Morgan fingerprint density at radius 3 is 2.32 bits per heavy atom. The number of hydrogen-bond donors (Lipinski definition) is 2. The summed E-state index contributed by atoms with van der Waals surface area (Å²) in [7, 11) is 0. The second-order valence-electron chi connectivity index (χ2n) is 3.49. The third-order valence-corrected chi connectivity index (χ3v) is 2.51. The predicted octanol–water partition coefficient (Wildman–Crippen LogP) is 2.93. The summed E-state index contributed by atoms with van der Waals surface area (Å²) in [5.74, 6) is -2.36. The maximum absolute atomic E-state index is 11.8. The van der Waals surface area contributed by atoms with E-state index >= 15 is 0 Å². The Morgan fingerprint density at radius 1 is 1.16 bits per heavy atom. The first-order valence-corrected chi connectivity index (χ1v) is 5.69. The van der Waals surface area contributed by atoms with Gasteiger partial charge in [0, 0.05) is 21.8 Å². The van der Waals surface area contributed by atoms with Crippen LogP contribution in [0.1, 0.15) is 21.0 Å². The number of amides is 1. The van der Waals surface area contributed by atoms with Gasteiger partial charge in [0.1, 0.15) is 0 Å². The maximum Gasteiger partial charge on any atom is 0.374 e. The normalized spacial score (nSPS) is 10.2. The summed E-state index contributed by atoms with van der Waals surface area (Å²) >= 11 is 11.6. The average Bonchev–Trinajstić information content (AvgIpc) is 2.76. The highest BCUT2D eigenvalue weighted by molar-refractivity contribution is 6.35. The molecule has 0 unspecified atom stereocenters. The summed E-state index contributed by atoms with van der Waals surface area (Å²) in [5, 5.41) is 15.2. The van der Waals surface area contributed by atoms with Crippen LogP contribution in [0.3, 0.4) is 0 Å². The summed E-state index contributed by atoms with van der Waals surface area (Å²) in [4.78, 5) is 22.3. The Balaban J connectivity index is 2.18. The topological polar surface area (TPSA) is 92.4 Å². The molecule has 19 heavy (non-hydrogen) atoms. The molecule has 2 N–H and O–H groups in total. The van der Waals surface area contributed by atoms with Crippen molar-refractivity contribution in [2.45, 2.75) is 0 Å². The molecule has 0 bridgehead atoms. The van der Waals surface area contributed by atoms with Crippen molar-refractivity contribution in [2.24, 2.45) is 0 Å². The Hall–Kier alpha value is -2.05. The Bertz CT molecular complexity index is 634. The minimum atomic E-state index is -1.31. The number of rotatable bonds is 3. The van der Waals surface area contributed by atoms with Gasteiger partial charge in [-0.1, -0.05) is 28.4 Å². The zero-order chi connectivity index (χ0) is 14.0. The number of aromatic carboxylic acids is 1. The third kappa shape index (κ3) is 3.24. The number of carboxylic acid groups (broad SMARTS) is 1. The van der Waals surface area contributed by atoms with Gasteiger partial charge in [0.05, 0.1) is 0 Å². The quantitative estimate of drug-likeness (QED) is 0.909. The second-order valence-corrected chi connectivity index (χ2v) is 4.37. The highest BCUT2D eigenvalue weighted by atomic mass is 35.5. The maximum atomic E-state index is 11.8. The summed E-state index contributed by atoms with van der Waals surface area (Å²) in [6, 6.07) is 5.51. The number of carboxylic acids is 1. The van der Waals surface area contributed by atoms with Crippen LogP contribution in [-0.2, 0) is 0 Å². The fraction of sp³-hybridized carbons (Fsp3) is 0. The molecular formula is C11H6Cl2N2O4. The molecule has 6 nitrogen and oxygen atoms in total. The van der Waals surface area contributed by atoms with Gasteiger partial charge in [-0.2, -0.15) is 0 Å². The van der Waals surface area contributed by atoms with Gasteiger partial charge in [-0.15, -0.1) is 0 Å². The standard InChI is InChI=1S/C11H6Cl2N2O4/c12-5-1-6(13)3-7(2-5)14-10(16)8-4-9(11(17)18)19-15-8/h1-4H,(H,14,16)(H,17,18). The molecule has 1 amide bonds. The summed E-state index contributed by atoms with van der Waals surface area (Å²) in [6.07, 6.45) is 0. The molecule has 0 aliphatic heterocycles. The monoisotopic (exact) mass is 300 g/mol. The van der Waals surface area contributed by atoms with Gasteiger partial charge in [0.25, 0.3) is 5.91 Å². The van der Waals surface area contributed by atoms with E-state index in [4.69, 9.17) is 28.3 Å². The van der Waals surface area contributed by atoms with Gasteiger partial charge < -0.3 is 14.9 Å². The lowest BCUT2D eigenvalue weighted by Crippen LogP contribution is -2.12. The number of aromatic nitrogens is 1. The van der Waals surface area contributed by atoms with Gasteiger partial charge in [-0.25, -0.2) is 4.79 Å². The van der Waals surface area contributed by atoms with Crippen LogP contribution in [0.5, 0.6) is 0 Å². The molecule has 0 radical (unpaired) electrons. The van der Waals surface area contributed by atoms with Crippen LogP contribution >= 0.6 is 23.2 Å². The van der Waals surface area contributed by atoms with Gasteiger partial charge in [0.15, 0.2) is 5.69 Å². The van der Waals surface area contributed by atoms with Crippen molar-refractivity contribution >= 4 is 40.8 Å². The van der Waals surface area contributed by atoms with Crippen LogP contribution in [0.25, 0.3) is 0 Å². The lowest BCUT2D eigenvalue weighted by molar-refractivity contribution is 0.0651. The van der Waals surface area contributed by atoms with E-state index in [0.29, 0.717) is 15.7 Å². The number of carbonyl (C=O) groups excluding carboxylic acids is 1. The average molecular weight is 301 g/mol. The molecule has 1 heterocycles. The first kappa shape index (κ1) is 13.4. The molecule has 0 aliphatic carbocycles. The van der Waals surface area contributed by atoms with E-state index in [1.165, 1.54) is 18.2 Å². The molecule has 1 aromatic heterocycles. The molecule has 0 spiro atoms. The minimum absolute atomic E-state index is 0.159. The Labute approximate surface area is 116 Å². The number of hydrogen-bond acceptors (Lipinski definition) is 4. The second kappa shape index (κ2) is 5.29. The number of nitrogens with zero attached hydrogens (tertiary/aromatic N) is 1. The van der Waals surface area contributed by atoms with E-state index in [0.717, 1.165) is 6.07 Å². The van der Waals surface area contributed by atoms with E-state index in [1.807, 2.05) is 0 Å². The molecule has 0 saturated carbocycles. The number of anilines is 1. The number of halogens is 2. The molecule has 1 aromatic carbocycles. The molecule has 0 fully saturated rings. The third-order valence-electron chi connectivity index (χ3n) is 2.07. The first-order chi connectivity index (χ1) is 8.95. The van der Waals surface area contributed by atoms with E-state index < -0.39 is 17.6 Å². The Kier molecular flexibility index (Phi) is 3.73. The van der Waals surface area contributed by atoms with E-state index in [-0.39, 0.29) is 5.69 Å². The van der Waals surface area contributed by atoms with Crippen LogP contribution in [0, 0.1) is 0 Å². The molecule has 8 heteroatoms. The lowest BCUT2D eigenvalue weighted by atomic mass is 10.3. The molecule has 2 rings (SSSR count). The number of benzene rings is 1. The van der Waals surface area contributed by atoms with Crippen molar-refractivity contribution < 1.29 is 19.2 Å². The number of nitrogens with one attached hydrogen (secondary N) is 1. The van der Waals surface area contributed by atoms with Gasteiger partial charge >= 0.3 is 5.97 Å². The predicted molar refractivity (Wildman–Crippen MR) is 67.9 cm³/mol. The molecular weight excluding hydrogens is 295 g/mol. The minimum Gasteiger partial charge on any atom is -0.475 e.